The molecule has 1 saturated heterocycles. The average molecular weight is 356 g/mol. The average Bonchev–Trinajstić information content (AvgIpc) is 3.05. The Morgan fingerprint density at radius 2 is 1.88 bits per heavy atom. The molecule has 3 atom stereocenters. The van der Waals surface area contributed by atoms with Gasteiger partial charge in [0, 0.05) is 5.75 Å². The van der Waals surface area contributed by atoms with Crippen LogP contribution in [-0.2, 0) is 9.53 Å². The Balaban J connectivity index is 1.86. The maximum absolute atomic E-state index is 12.6. The molecular weight excluding hydrogens is 322 g/mol. The first-order valence-corrected chi connectivity index (χ1v) is 10.7. The largest absolute Gasteiger partial charge is 0.506 e. The first kappa shape index (κ1) is 19.5. The summed E-state index contributed by atoms with van der Waals surface area (Å²) < 4.78 is 6.02. The standard InChI is InChI=1S/C19H33NO3S/c1-4-6-7-8-9-10-12-15(11-5-2)23-18-17(21)16-13-24-14(3)20(16)19(18)22/h14-16,21H,4-13H2,1-3H3. The molecule has 1 fully saturated rings. The number of rotatable bonds is 11. The summed E-state index contributed by atoms with van der Waals surface area (Å²) in [7, 11) is 0. The van der Waals surface area contributed by atoms with Gasteiger partial charge in [-0.2, -0.15) is 0 Å². The van der Waals surface area contributed by atoms with Gasteiger partial charge < -0.3 is 14.7 Å². The fourth-order valence-corrected chi connectivity index (χ4v) is 4.74. The molecule has 1 N–H and O–H groups in total. The van der Waals surface area contributed by atoms with E-state index in [0.29, 0.717) is 0 Å². The van der Waals surface area contributed by atoms with E-state index in [1.807, 2.05) is 6.92 Å². The summed E-state index contributed by atoms with van der Waals surface area (Å²) in [6.45, 7) is 6.38. The van der Waals surface area contributed by atoms with Crippen LogP contribution in [0.1, 0.15) is 78.6 Å². The second-order valence-corrected chi connectivity index (χ2v) is 8.31. The minimum Gasteiger partial charge on any atom is -0.506 e. The summed E-state index contributed by atoms with van der Waals surface area (Å²) >= 11 is 1.71. The van der Waals surface area contributed by atoms with Gasteiger partial charge in [-0.1, -0.05) is 52.4 Å². The number of carbonyl (C=O) groups is 1. The molecule has 0 radical (unpaired) electrons. The molecule has 0 aromatic carbocycles. The van der Waals surface area contributed by atoms with Crippen LogP contribution in [0.2, 0.25) is 0 Å². The molecule has 0 aromatic rings. The number of fused-ring (bicyclic) bond motifs is 1. The highest BCUT2D eigenvalue weighted by Crippen LogP contribution is 2.39. The fourth-order valence-electron chi connectivity index (χ4n) is 3.55. The molecule has 4 nitrogen and oxygen atoms in total. The van der Waals surface area contributed by atoms with Gasteiger partial charge in [0.15, 0.2) is 5.76 Å². The van der Waals surface area contributed by atoms with Crippen molar-refractivity contribution in [3.8, 4) is 0 Å². The highest BCUT2D eigenvalue weighted by molar-refractivity contribution is 8.00. The molecule has 2 aliphatic rings. The number of aliphatic hydroxyl groups excluding tert-OH is 1. The van der Waals surface area contributed by atoms with Gasteiger partial charge in [0.05, 0.1) is 11.5 Å². The van der Waals surface area contributed by atoms with Crippen LogP contribution in [0.15, 0.2) is 11.5 Å². The van der Waals surface area contributed by atoms with E-state index in [2.05, 4.69) is 13.8 Å². The number of amides is 1. The van der Waals surface area contributed by atoms with E-state index in [4.69, 9.17) is 4.74 Å². The van der Waals surface area contributed by atoms with Crippen molar-refractivity contribution in [1.29, 1.82) is 0 Å². The van der Waals surface area contributed by atoms with Gasteiger partial charge in [-0.05, 0) is 26.2 Å². The number of hydrogen-bond acceptors (Lipinski definition) is 4. The minimum absolute atomic E-state index is 0.0465. The Morgan fingerprint density at radius 3 is 2.54 bits per heavy atom. The van der Waals surface area contributed by atoms with Crippen molar-refractivity contribution in [3.63, 3.8) is 0 Å². The van der Waals surface area contributed by atoms with Crippen LogP contribution in [0, 0.1) is 0 Å². The Hall–Kier alpha value is -0.840. The van der Waals surface area contributed by atoms with E-state index in [-0.39, 0.29) is 34.9 Å². The van der Waals surface area contributed by atoms with Gasteiger partial charge in [0.2, 0.25) is 5.76 Å². The summed E-state index contributed by atoms with van der Waals surface area (Å²) in [5.41, 5.74) is 0. The van der Waals surface area contributed by atoms with Crippen molar-refractivity contribution in [3.05, 3.63) is 11.5 Å². The Labute approximate surface area is 151 Å². The van der Waals surface area contributed by atoms with Gasteiger partial charge in [0.25, 0.3) is 5.91 Å². The Kier molecular flexibility index (Phi) is 7.79. The third kappa shape index (κ3) is 4.62. The van der Waals surface area contributed by atoms with E-state index in [1.165, 1.54) is 32.1 Å². The lowest BCUT2D eigenvalue weighted by molar-refractivity contribution is -0.131. The molecule has 24 heavy (non-hydrogen) atoms. The number of hydrogen-bond donors (Lipinski definition) is 1. The molecule has 0 aromatic heterocycles. The van der Waals surface area contributed by atoms with Gasteiger partial charge in [-0.3, -0.25) is 4.79 Å². The highest BCUT2D eigenvalue weighted by atomic mass is 32.2. The quantitative estimate of drug-likeness (QED) is 0.530. The molecule has 3 unspecified atom stereocenters. The van der Waals surface area contributed by atoms with Crippen LogP contribution >= 0.6 is 11.8 Å². The third-order valence-corrected chi connectivity index (χ3v) is 6.19. The first-order valence-electron chi connectivity index (χ1n) is 9.64. The van der Waals surface area contributed by atoms with E-state index >= 15 is 0 Å². The van der Waals surface area contributed by atoms with Gasteiger partial charge in [-0.15, -0.1) is 11.8 Å². The molecule has 0 bridgehead atoms. The molecule has 0 aliphatic carbocycles. The summed E-state index contributed by atoms with van der Waals surface area (Å²) in [5.74, 6) is 1.01. The SMILES string of the molecule is CCCCCCCCC(CCC)OC1=C(O)C2CSC(C)N2C1=O. The van der Waals surface area contributed by atoms with Crippen molar-refractivity contribution >= 4 is 17.7 Å². The van der Waals surface area contributed by atoms with E-state index in [9.17, 15) is 9.90 Å². The van der Waals surface area contributed by atoms with E-state index in [1.54, 1.807) is 16.7 Å². The Bertz CT molecular complexity index is 452. The molecule has 2 heterocycles. The summed E-state index contributed by atoms with van der Waals surface area (Å²) in [5, 5.41) is 10.5. The Morgan fingerprint density at radius 1 is 1.17 bits per heavy atom. The van der Waals surface area contributed by atoms with Gasteiger partial charge in [-0.25, -0.2) is 0 Å². The van der Waals surface area contributed by atoms with Crippen molar-refractivity contribution in [2.75, 3.05) is 5.75 Å². The smallest absolute Gasteiger partial charge is 0.294 e. The maximum Gasteiger partial charge on any atom is 0.294 e. The number of nitrogens with zero attached hydrogens (tertiary/aromatic N) is 1. The lowest BCUT2D eigenvalue weighted by atomic mass is 10.0. The zero-order valence-electron chi connectivity index (χ0n) is 15.4. The van der Waals surface area contributed by atoms with Crippen LogP contribution in [0.25, 0.3) is 0 Å². The van der Waals surface area contributed by atoms with Crippen molar-refractivity contribution in [2.24, 2.45) is 0 Å². The predicted octanol–water partition coefficient (Wildman–Crippen LogP) is 5.00. The lowest BCUT2D eigenvalue weighted by Gasteiger charge is -2.21. The van der Waals surface area contributed by atoms with Crippen LogP contribution in [-0.4, -0.2) is 39.2 Å². The summed E-state index contributed by atoms with van der Waals surface area (Å²) in [6, 6.07) is -0.177. The third-order valence-electron chi connectivity index (χ3n) is 4.97. The molecule has 0 spiro atoms. The summed E-state index contributed by atoms with van der Waals surface area (Å²) in [4.78, 5) is 14.3. The second kappa shape index (κ2) is 9.59. The van der Waals surface area contributed by atoms with Crippen molar-refractivity contribution < 1.29 is 14.6 Å². The predicted molar refractivity (Wildman–Crippen MR) is 100.0 cm³/mol. The zero-order valence-corrected chi connectivity index (χ0v) is 16.2. The number of ether oxygens (including phenoxy) is 1. The van der Waals surface area contributed by atoms with Crippen molar-refractivity contribution in [2.45, 2.75) is 96.1 Å². The van der Waals surface area contributed by atoms with Gasteiger partial charge >= 0.3 is 0 Å². The van der Waals surface area contributed by atoms with Crippen LogP contribution in [0.4, 0.5) is 0 Å². The second-order valence-electron chi connectivity index (χ2n) is 6.96. The maximum atomic E-state index is 12.6. The molecule has 2 rings (SSSR count). The highest BCUT2D eigenvalue weighted by Gasteiger charge is 2.47. The number of carbonyl (C=O) groups excluding carboxylic acids is 1. The van der Waals surface area contributed by atoms with E-state index in [0.717, 1.165) is 31.4 Å². The summed E-state index contributed by atoms with van der Waals surface area (Å²) in [6.07, 6.45) is 10.5. The molecule has 1 amide bonds. The molecular formula is C19H33NO3S. The number of unbranched alkanes of at least 4 members (excludes halogenated alkanes) is 5. The molecule has 2 aliphatic heterocycles. The fraction of sp³-hybridized carbons (Fsp3) is 0.842. The number of aliphatic hydroxyl groups is 1. The molecule has 5 heteroatoms. The van der Waals surface area contributed by atoms with Crippen LogP contribution in [0.3, 0.4) is 0 Å². The van der Waals surface area contributed by atoms with Crippen LogP contribution in [0.5, 0.6) is 0 Å². The first-order chi connectivity index (χ1) is 11.6. The van der Waals surface area contributed by atoms with Crippen molar-refractivity contribution in [1.82, 2.24) is 4.90 Å². The normalized spacial score (nSPS) is 24.6. The monoisotopic (exact) mass is 355 g/mol. The topological polar surface area (TPSA) is 49.8 Å². The number of thioether (sulfide) groups is 1. The minimum atomic E-state index is -0.177. The molecule has 138 valence electrons. The zero-order chi connectivity index (χ0) is 17.5. The van der Waals surface area contributed by atoms with Crippen LogP contribution < -0.4 is 0 Å². The van der Waals surface area contributed by atoms with Gasteiger partial charge in [0.1, 0.15) is 6.04 Å². The lowest BCUT2D eigenvalue weighted by Crippen LogP contribution is -2.36. The molecule has 0 saturated carbocycles. The van der Waals surface area contributed by atoms with E-state index < -0.39 is 0 Å².